The molecular weight excluding hydrogens is 264 g/mol. The van der Waals surface area contributed by atoms with Crippen molar-refractivity contribution in [1.82, 2.24) is 10.2 Å². The van der Waals surface area contributed by atoms with Gasteiger partial charge in [0.05, 0.1) is 0 Å². The van der Waals surface area contributed by atoms with E-state index in [0.29, 0.717) is 5.92 Å². The third-order valence-electron chi connectivity index (χ3n) is 3.45. The molecule has 0 saturated heterocycles. The van der Waals surface area contributed by atoms with E-state index in [1.165, 1.54) is 17.2 Å². The number of nitrogens with zero attached hydrogens (tertiary/aromatic N) is 2. The summed E-state index contributed by atoms with van der Waals surface area (Å²) in [5.74, 6) is 1.25. The van der Waals surface area contributed by atoms with Crippen LogP contribution in [0, 0.1) is 0 Å². The molecule has 1 aliphatic carbocycles. The molecule has 1 atom stereocenters. The van der Waals surface area contributed by atoms with Gasteiger partial charge in [-0.05, 0) is 36.0 Å². The van der Waals surface area contributed by atoms with E-state index in [-0.39, 0.29) is 16.8 Å². The first-order valence-corrected chi connectivity index (χ1v) is 6.55. The van der Waals surface area contributed by atoms with Crippen molar-refractivity contribution in [1.29, 1.82) is 0 Å². The van der Waals surface area contributed by atoms with Crippen molar-refractivity contribution < 1.29 is 9.84 Å². The summed E-state index contributed by atoms with van der Waals surface area (Å²) in [5.41, 5.74) is 2.49. The minimum atomic E-state index is -0.108. The van der Waals surface area contributed by atoms with Crippen molar-refractivity contribution in [3.63, 3.8) is 0 Å². The fourth-order valence-electron chi connectivity index (χ4n) is 2.45. The van der Waals surface area contributed by atoms with Gasteiger partial charge in [-0.25, -0.2) is 0 Å². The maximum atomic E-state index is 9.74. The van der Waals surface area contributed by atoms with Gasteiger partial charge in [-0.1, -0.05) is 30.7 Å². The van der Waals surface area contributed by atoms with Crippen LogP contribution in [-0.2, 0) is 6.42 Å². The molecule has 1 aliphatic rings. The van der Waals surface area contributed by atoms with Gasteiger partial charge < -0.3 is 9.84 Å². The topological polar surface area (TPSA) is 55.2 Å². The van der Waals surface area contributed by atoms with E-state index in [9.17, 15) is 5.11 Å². The van der Waals surface area contributed by atoms with Crippen molar-refractivity contribution in [3.05, 3.63) is 40.5 Å². The second kappa shape index (κ2) is 4.70. The van der Waals surface area contributed by atoms with Gasteiger partial charge in [0, 0.05) is 6.07 Å². The van der Waals surface area contributed by atoms with Gasteiger partial charge >= 0.3 is 0 Å². The highest BCUT2D eigenvalue weighted by atomic mass is 35.5. The van der Waals surface area contributed by atoms with Gasteiger partial charge in [0.1, 0.15) is 5.75 Å². The Hall–Kier alpha value is -1.81. The Balaban J connectivity index is 1.96. The fourth-order valence-corrected chi connectivity index (χ4v) is 2.59. The van der Waals surface area contributed by atoms with Gasteiger partial charge in [-0.15, -0.1) is 10.2 Å². The molecule has 1 aromatic heterocycles. The number of aromatic nitrogens is 2. The summed E-state index contributed by atoms with van der Waals surface area (Å²) in [6.07, 6.45) is 2.10. The Kier molecular flexibility index (Phi) is 3.03. The lowest BCUT2D eigenvalue weighted by Gasteiger charge is -2.11. The van der Waals surface area contributed by atoms with E-state index in [4.69, 9.17) is 16.3 Å². The molecular formula is C14H13ClN2O2. The van der Waals surface area contributed by atoms with Crippen molar-refractivity contribution in [3.8, 4) is 17.4 Å². The highest BCUT2D eigenvalue weighted by molar-refractivity contribution is 6.29. The van der Waals surface area contributed by atoms with Crippen LogP contribution in [0.15, 0.2) is 24.3 Å². The number of rotatable bonds is 2. The first-order valence-electron chi connectivity index (χ1n) is 6.17. The Morgan fingerprint density at radius 1 is 1.37 bits per heavy atom. The number of fused-ring (bicyclic) bond motifs is 1. The Bertz CT molecular complexity index is 631. The first kappa shape index (κ1) is 12.2. The monoisotopic (exact) mass is 276 g/mol. The summed E-state index contributed by atoms with van der Waals surface area (Å²) in [5, 5.41) is 17.3. The van der Waals surface area contributed by atoms with Gasteiger partial charge in [-0.2, -0.15) is 0 Å². The molecule has 98 valence electrons. The zero-order chi connectivity index (χ0) is 13.4. The second-order valence-electron chi connectivity index (χ2n) is 4.72. The number of hydrogen-bond acceptors (Lipinski definition) is 4. The second-order valence-corrected chi connectivity index (χ2v) is 5.11. The molecule has 1 heterocycles. The average molecular weight is 277 g/mol. The van der Waals surface area contributed by atoms with Crippen LogP contribution >= 0.6 is 11.6 Å². The molecule has 3 rings (SSSR count). The summed E-state index contributed by atoms with van der Waals surface area (Å²) >= 11 is 5.64. The predicted molar refractivity (Wildman–Crippen MR) is 72.0 cm³/mol. The minimum Gasteiger partial charge on any atom is -0.503 e. The summed E-state index contributed by atoms with van der Waals surface area (Å²) in [4.78, 5) is 0. The zero-order valence-corrected chi connectivity index (χ0v) is 11.2. The van der Waals surface area contributed by atoms with E-state index in [2.05, 4.69) is 23.2 Å². The quantitative estimate of drug-likeness (QED) is 0.909. The Morgan fingerprint density at radius 3 is 3.00 bits per heavy atom. The van der Waals surface area contributed by atoms with E-state index < -0.39 is 0 Å². The molecule has 0 saturated carbocycles. The minimum absolute atomic E-state index is 0.0809. The molecule has 19 heavy (non-hydrogen) atoms. The number of halogens is 1. The van der Waals surface area contributed by atoms with Gasteiger partial charge in [-0.3, -0.25) is 0 Å². The number of ether oxygens (including phenoxy) is 1. The van der Waals surface area contributed by atoms with Gasteiger partial charge in [0.15, 0.2) is 10.9 Å². The number of aromatic hydroxyl groups is 1. The summed E-state index contributed by atoms with van der Waals surface area (Å²) in [6.45, 7) is 2.20. The smallest absolute Gasteiger partial charge is 0.281 e. The molecule has 0 aliphatic heterocycles. The van der Waals surface area contributed by atoms with Crippen LogP contribution in [0.5, 0.6) is 17.4 Å². The highest BCUT2D eigenvalue weighted by Gasteiger charge is 2.22. The number of hydrogen-bond donors (Lipinski definition) is 1. The Labute approximate surface area is 116 Å². The molecule has 4 nitrogen and oxygen atoms in total. The molecule has 1 aromatic carbocycles. The summed E-state index contributed by atoms with van der Waals surface area (Å²) in [7, 11) is 0. The molecule has 2 aromatic rings. The summed E-state index contributed by atoms with van der Waals surface area (Å²) in [6, 6.07) is 7.27. The maximum absolute atomic E-state index is 9.74. The lowest BCUT2D eigenvalue weighted by atomic mass is 10.0. The first-order chi connectivity index (χ1) is 9.15. The van der Waals surface area contributed by atoms with Crippen LogP contribution in [0.3, 0.4) is 0 Å². The van der Waals surface area contributed by atoms with Crippen molar-refractivity contribution in [2.24, 2.45) is 0 Å². The molecule has 0 radical (unpaired) electrons. The molecule has 1 unspecified atom stereocenters. The standard InChI is InChI=1S/C14H13ClN2O2/c1-8-5-6-10-9(8)3-2-4-12(10)19-14-11(18)7-13(15)16-17-14/h2-4,7-8H,5-6H2,1H3,(H,16,18). The van der Waals surface area contributed by atoms with Crippen LogP contribution in [0.4, 0.5) is 0 Å². The third-order valence-corrected chi connectivity index (χ3v) is 3.63. The molecule has 0 fully saturated rings. The molecule has 1 N–H and O–H groups in total. The van der Waals surface area contributed by atoms with Crippen LogP contribution < -0.4 is 4.74 Å². The third kappa shape index (κ3) is 2.24. The van der Waals surface area contributed by atoms with E-state index in [1.807, 2.05) is 12.1 Å². The maximum Gasteiger partial charge on any atom is 0.281 e. The van der Waals surface area contributed by atoms with Crippen molar-refractivity contribution in [2.45, 2.75) is 25.7 Å². The molecule has 0 spiro atoms. The molecule has 5 heteroatoms. The highest BCUT2D eigenvalue weighted by Crippen LogP contribution is 2.40. The van der Waals surface area contributed by atoms with Gasteiger partial charge in [0.2, 0.25) is 0 Å². The van der Waals surface area contributed by atoms with Crippen LogP contribution in [0.1, 0.15) is 30.4 Å². The van der Waals surface area contributed by atoms with Crippen LogP contribution in [0.2, 0.25) is 5.15 Å². The Morgan fingerprint density at radius 2 is 2.21 bits per heavy atom. The summed E-state index contributed by atoms with van der Waals surface area (Å²) < 4.78 is 5.67. The fraction of sp³-hybridized carbons (Fsp3) is 0.286. The van der Waals surface area contributed by atoms with Crippen LogP contribution in [-0.4, -0.2) is 15.3 Å². The predicted octanol–water partition coefficient (Wildman–Crippen LogP) is 3.68. The lowest BCUT2D eigenvalue weighted by molar-refractivity contribution is 0.389. The lowest BCUT2D eigenvalue weighted by Crippen LogP contribution is -1.95. The average Bonchev–Trinajstić information content (AvgIpc) is 2.76. The van der Waals surface area contributed by atoms with Gasteiger partial charge in [0.25, 0.3) is 5.88 Å². The largest absolute Gasteiger partial charge is 0.503 e. The normalized spacial score (nSPS) is 17.3. The van der Waals surface area contributed by atoms with E-state index >= 15 is 0 Å². The molecule has 0 bridgehead atoms. The van der Waals surface area contributed by atoms with Crippen molar-refractivity contribution in [2.75, 3.05) is 0 Å². The van der Waals surface area contributed by atoms with Crippen molar-refractivity contribution >= 4 is 11.6 Å². The number of benzene rings is 1. The SMILES string of the molecule is CC1CCc2c(Oc3nnc(Cl)cc3O)cccc21. The molecule has 0 amide bonds. The van der Waals surface area contributed by atoms with E-state index in [1.54, 1.807) is 0 Å². The zero-order valence-electron chi connectivity index (χ0n) is 10.4. The van der Waals surface area contributed by atoms with E-state index in [0.717, 1.165) is 18.6 Å². The van der Waals surface area contributed by atoms with Crippen LogP contribution in [0.25, 0.3) is 0 Å².